The van der Waals surface area contributed by atoms with E-state index < -0.39 is 5.91 Å². The molecule has 0 saturated heterocycles. The molecule has 0 bridgehead atoms. The van der Waals surface area contributed by atoms with E-state index in [2.05, 4.69) is 17.0 Å². The van der Waals surface area contributed by atoms with Crippen LogP contribution in [0.1, 0.15) is 56.6 Å². The number of amides is 1. The minimum Gasteiger partial charge on any atom is -0.493 e. The fourth-order valence-electron chi connectivity index (χ4n) is 3.91. The SMILES string of the molecule is CCCCCCCC1=NN2C(=N)/C(=C/c3cc(Cl)c(OCc4ccccc4Cl)c(OC)c3)C(=O)N=C2S1. The van der Waals surface area contributed by atoms with E-state index in [0.29, 0.717) is 32.3 Å². The summed E-state index contributed by atoms with van der Waals surface area (Å²) >= 11 is 14.1. The highest BCUT2D eigenvalue weighted by molar-refractivity contribution is 8.26. The molecule has 0 spiro atoms. The molecule has 194 valence electrons. The van der Waals surface area contributed by atoms with Crippen LogP contribution in [0.3, 0.4) is 0 Å². The highest BCUT2D eigenvalue weighted by Crippen LogP contribution is 2.38. The number of amidine groups is 2. The number of hydrazone groups is 1. The molecule has 2 aromatic carbocycles. The molecule has 2 aliphatic heterocycles. The molecule has 0 aromatic heterocycles. The van der Waals surface area contributed by atoms with E-state index in [9.17, 15) is 4.79 Å². The topological polar surface area (TPSA) is 87.3 Å². The second-order valence-electron chi connectivity index (χ2n) is 8.59. The number of ether oxygens (including phenoxy) is 2. The van der Waals surface area contributed by atoms with Crippen LogP contribution in [0.2, 0.25) is 10.0 Å². The van der Waals surface area contributed by atoms with Crippen LogP contribution in [-0.2, 0) is 11.4 Å². The molecule has 0 saturated carbocycles. The van der Waals surface area contributed by atoms with Crippen molar-refractivity contribution in [3.05, 3.63) is 63.1 Å². The fraction of sp³-hybridized carbons (Fsp3) is 0.333. The quantitative estimate of drug-likeness (QED) is 0.227. The average molecular weight is 560 g/mol. The maximum absolute atomic E-state index is 12.8. The van der Waals surface area contributed by atoms with Crippen LogP contribution in [0.25, 0.3) is 6.08 Å². The molecule has 0 unspecified atom stereocenters. The molecule has 7 nitrogen and oxygen atoms in total. The fourth-order valence-corrected chi connectivity index (χ4v) is 5.30. The number of thioether (sulfide) groups is 1. The monoisotopic (exact) mass is 558 g/mol. The summed E-state index contributed by atoms with van der Waals surface area (Å²) in [4.78, 5) is 17.0. The van der Waals surface area contributed by atoms with Gasteiger partial charge in [-0.25, -0.2) is 0 Å². The maximum Gasteiger partial charge on any atom is 0.283 e. The molecule has 4 rings (SSSR count). The Balaban J connectivity index is 1.50. The zero-order valence-electron chi connectivity index (χ0n) is 20.7. The maximum atomic E-state index is 12.8. The number of nitrogens with zero attached hydrogens (tertiary/aromatic N) is 3. The number of rotatable bonds is 11. The first kappa shape index (κ1) is 27.2. The highest BCUT2D eigenvalue weighted by atomic mass is 35.5. The third kappa shape index (κ3) is 6.55. The van der Waals surface area contributed by atoms with Gasteiger partial charge in [0.2, 0.25) is 5.17 Å². The summed E-state index contributed by atoms with van der Waals surface area (Å²) in [5, 5.41) is 16.8. The van der Waals surface area contributed by atoms with Gasteiger partial charge < -0.3 is 9.47 Å². The first-order valence-corrected chi connectivity index (χ1v) is 13.7. The van der Waals surface area contributed by atoms with Gasteiger partial charge in [-0.05, 0) is 54.4 Å². The molecule has 2 aliphatic rings. The Bertz CT molecular complexity index is 1290. The minimum absolute atomic E-state index is 0.0161. The van der Waals surface area contributed by atoms with Crippen molar-refractivity contribution in [2.24, 2.45) is 10.1 Å². The number of aliphatic imine (C=N–C) groups is 1. The summed E-state index contributed by atoms with van der Waals surface area (Å²) < 4.78 is 11.4. The molecule has 0 aliphatic carbocycles. The lowest BCUT2D eigenvalue weighted by molar-refractivity contribution is -0.114. The summed E-state index contributed by atoms with van der Waals surface area (Å²) in [6, 6.07) is 10.7. The Morgan fingerprint density at radius 1 is 1.11 bits per heavy atom. The second kappa shape index (κ2) is 12.6. The van der Waals surface area contributed by atoms with Crippen LogP contribution in [0, 0.1) is 5.41 Å². The molecule has 0 fully saturated rings. The molecule has 2 heterocycles. The van der Waals surface area contributed by atoms with Crippen LogP contribution in [0.5, 0.6) is 11.5 Å². The molecular formula is C27H28Cl2N4O3S. The van der Waals surface area contributed by atoms with Gasteiger partial charge in [0.05, 0.1) is 17.7 Å². The molecule has 0 radical (unpaired) electrons. The van der Waals surface area contributed by atoms with Crippen molar-refractivity contribution in [3.63, 3.8) is 0 Å². The second-order valence-corrected chi connectivity index (χ2v) is 10.4. The smallest absolute Gasteiger partial charge is 0.283 e. The zero-order valence-corrected chi connectivity index (χ0v) is 23.1. The summed E-state index contributed by atoms with van der Waals surface area (Å²) in [5.41, 5.74) is 1.51. The number of methoxy groups -OCH3 is 1. The molecule has 2 aromatic rings. The van der Waals surface area contributed by atoms with E-state index in [-0.39, 0.29) is 18.0 Å². The van der Waals surface area contributed by atoms with Crippen molar-refractivity contribution >= 4 is 63.0 Å². The number of carbonyl (C=O) groups is 1. The Labute approximate surface area is 231 Å². The van der Waals surface area contributed by atoms with Gasteiger partial charge in [-0.3, -0.25) is 10.2 Å². The van der Waals surface area contributed by atoms with Gasteiger partial charge in [0, 0.05) is 10.6 Å². The number of halogens is 2. The van der Waals surface area contributed by atoms with Crippen LogP contribution < -0.4 is 9.47 Å². The Morgan fingerprint density at radius 3 is 2.65 bits per heavy atom. The van der Waals surface area contributed by atoms with E-state index in [4.69, 9.17) is 38.1 Å². The van der Waals surface area contributed by atoms with E-state index >= 15 is 0 Å². The number of carbonyl (C=O) groups excluding carboxylic acids is 1. The number of fused-ring (bicyclic) bond motifs is 1. The van der Waals surface area contributed by atoms with Crippen molar-refractivity contribution in [2.45, 2.75) is 52.1 Å². The summed E-state index contributed by atoms with van der Waals surface area (Å²) in [7, 11) is 1.51. The van der Waals surface area contributed by atoms with Crippen LogP contribution in [-0.4, -0.2) is 34.1 Å². The van der Waals surface area contributed by atoms with Gasteiger partial charge in [0.25, 0.3) is 5.91 Å². The van der Waals surface area contributed by atoms with Gasteiger partial charge in [0.15, 0.2) is 17.3 Å². The van der Waals surface area contributed by atoms with E-state index in [1.54, 1.807) is 24.3 Å². The number of nitrogens with one attached hydrogen (secondary N) is 1. The van der Waals surface area contributed by atoms with Crippen molar-refractivity contribution in [3.8, 4) is 11.5 Å². The lowest BCUT2D eigenvalue weighted by Crippen LogP contribution is -2.35. The summed E-state index contributed by atoms with van der Waals surface area (Å²) in [6.07, 6.45) is 8.19. The van der Waals surface area contributed by atoms with Crippen LogP contribution >= 0.6 is 35.0 Å². The molecule has 1 N–H and O–H groups in total. The van der Waals surface area contributed by atoms with Gasteiger partial charge >= 0.3 is 0 Å². The third-order valence-corrected chi connectivity index (χ3v) is 7.50. The predicted molar refractivity (Wildman–Crippen MR) is 152 cm³/mol. The highest BCUT2D eigenvalue weighted by Gasteiger charge is 2.35. The molecule has 10 heteroatoms. The number of hydrogen-bond donors (Lipinski definition) is 1. The van der Waals surface area contributed by atoms with Gasteiger partial charge in [0.1, 0.15) is 11.7 Å². The Morgan fingerprint density at radius 2 is 1.89 bits per heavy atom. The van der Waals surface area contributed by atoms with Gasteiger partial charge in [-0.15, -0.1) is 0 Å². The first-order valence-electron chi connectivity index (χ1n) is 12.1. The molecular weight excluding hydrogens is 531 g/mol. The minimum atomic E-state index is -0.489. The zero-order chi connectivity index (χ0) is 26.4. The van der Waals surface area contributed by atoms with E-state index in [1.165, 1.54) is 43.1 Å². The lowest BCUT2D eigenvalue weighted by Gasteiger charge is -2.20. The van der Waals surface area contributed by atoms with Crippen molar-refractivity contribution in [1.82, 2.24) is 5.01 Å². The number of hydrogen-bond acceptors (Lipinski definition) is 6. The molecule has 37 heavy (non-hydrogen) atoms. The van der Waals surface area contributed by atoms with Crippen molar-refractivity contribution in [1.29, 1.82) is 5.41 Å². The number of benzene rings is 2. The van der Waals surface area contributed by atoms with Crippen LogP contribution in [0.4, 0.5) is 0 Å². The molecule has 1 amide bonds. The first-order chi connectivity index (χ1) is 17.9. The summed E-state index contributed by atoms with van der Waals surface area (Å²) in [5.74, 6) is 0.251. The lowest BCUT2D eigenvalue weighted by atomic mass is 10.1. The van der Waals surface area contributed by atoms with E-state index in [0.717, 1.165) is 29.9 Å². The van der Waals surface area contributed by atoms with Crippen LogP contribution in [0.15, 0.2) is 52.1 Å². The molecule has 0 atom stereocenters. The van der Waals surface area contributed by atoms with E-state index in [1.807, 2.05) is 18.2 Å². The summed E-state index contributed by atoms with van der Waals surface area (Å²) in [6.45, 7) is 2.40. The average Bonchev–Trinajstić information content (AvgIpc) is 3.29. The van der Waals surface area contributed by atoms with Gasteiger partial charge in [-0.2, -0.15) is 15.1 Å². The van der Waals surface area contributed by atoms with Crippen molar-refractivity contribution < 1.29 is 14.3 Å². The van der Waals surface area contributed by atoms with Gasteiger partial charge in [-0.1, -0.05) is 74.0 Å². The predicted octanol–water partition coefficient (Wildman–Crippen LogP) is 7.56. The largest absolute Gasteiger partial charge is 0.493 e. The Kier molecular flexibility index (Phi) is 9.29. The standard InChI is InChI=1S/C27H28Cl2N4O3S/c1-3-4-5-6-7-12-23-32-33-25(30)19(26(34)31-27(33)37-23)13-17-14-21(29)24(22(15-17)35-2)36-16-18-10-8-9-11-20(18)28/h8-11,13-15,30H,3-7,12,16H2,1-2H3/b19-13-,30-25?. The number of unbranched alkanes of at least 4 members (excludes halogenated alkanes) is 4. The normalized spacial score (nSPS) is 16.1. The third-order valence-electron chi connectivity index (χ3n) is 5.88. The van der Waals surface area contributed by atoms with Crippen molar-refractivity contribution in [2.75, 3.05) is 7.11 Å². The Hall–Kier alpha value is -2.81.